The van der Waals surface area contributed by atoms with Crippen molar-refractivity contribution in [1.29, 1.82) is 0 Å². The van der Waals surface area contributed by atoms with E-state index in [0.29, 0.717) is 18.8 Å². The third-order valence-corrected chi connectivity index (χ3v) is 6.55. The quantitative estimate of drug-likeness (QED) is 0.121. The molecule has 0 fully saturated rings. The summed E-state index contributed by atoms with van der Waals surface area (Å²) < 4.78 is 0. The molecule has 0 heterocycles. The summed E-state index contributed by atoms with van der Waals surface area (Å²) in [4.78, 5) is 16.4. The maximum Gasteiger partial charge on any atom is 0.320 e. The first kappa shape index (κ1) is 30.4. The lowest BCUT2D eigenvalue weighted by atomic mass is 9.99. The Morgan fingerprint density at radius 3 is 2.09 bits per heavy atom. The number of nitrogens with two attached hydrogens (primary N) is 2. The van der Waals surface area contributed by atoms with Crippen LogP contribution in [0.3, 0.4) is 0 Å². The average Bonchev–Trinajstić information content (AvgIpc) is 2.82. The fraction of sp³-hybridized carbons (Fsp3) is 0.750. The van der Waals surface area contributed by atoms with E-state index in [1.807, 2.05) is 6.07 Å². The van der Waals surface area contributed by atoms with Crippen molar-refractivity contribution in [1.82, 2.24) is 0 Å². The van der Waals surface area contributed by atoms with E-state index in [9.17, 15) is 9.90 Å². The normalized spacial score (nSPS) is 12.2. The lowest BCUT2D eigenvalue weighted by molar-refractivity contribution is -0.900. The van der Waals surface area contributed by atoms with Crippen LogP contribution in [-0.2, 0) is 22.7 Å². The third kappa shape index (κ3) is 15.3. The molecule has 1 aromatic rings. The van der Waals surface area contributed by atoms with Gasteiger partial charge >= 0.3 is 5.97 Å². The number of aryl methyl sites for hydroxylation is 1. The zero-order valence-corrected chi connectivity index (χ0v) is 21.6. The molecule has 6 N–H and O–H groups in total. The summed E-state index contributed by atoms with van der Waals surface area (Å²) in [5, 5.41) is 19.1. The van der Waals surface area contributed by atoms with Gasteiger partial charge in [0.25, 0.3) is 0 Å². The van der Waals surface area contributed by atoms with Gasteiger partial charge in [0.15, 0.2) is 0 Å². The molecular formula is C28H51N2O4+. The zero-order chi connectivity index (χ0) is 24.9. The standard InChI is InChI=1S/C28H50N2O4/c1-2-3-4-5-6-7-8-9-10-11-12-13-14-18-24-19-17-21-27(31)25(24)23-34-30-22-16-15-20-26(29)28(32)33/h17,19,21,26,30-31H,2-16,18,20,22-23,29H2,1H3,(H,32,33)/p+1. The molecule has 1 atom stereocenters. The number of quaternary nitrogens is 1. The van der Waals surface area contributed by atoms with Crippen LogP contribution < -0.4 is 11.2 Å². The number of phenols is 1. The highest BCUT2D eigenvalue weighted by atomic mass is 16.6. The molecule has 0 radical (unpaired) electrons. The van der Waals surface area contributed by atoms with Crippen LogP contribution in [0.1, 0.15) is 121 Å². The molecule has 0 bridgehead atoms. The van der Waals surface area contributed by atoms with Crippen molar-refractivity contribution in [2.45, 2.75) is 129 Å². The molecule has 196 valence electrons. The van der Waals surface area contributed by atoms with E-state index >= 15 is 0 Å². The topological polar surface area (TPSA) is 109 Å². The molecule has 0 aromatic heterocycles. The van der Waals surface area contributed by atoms with Crippen LogP contribution in [-0.4, -0.2) is 28.8 Å². The summed E-state index contributed by atoms with van der Waals surface area (Å²) in [6, 6.07) is 4.94. The van der Waals surface area contributed by atoms with E-state index in [1.54, 1.807) is 11.5 Å². The molecule has 0 amide bonds. The van der Waals surface area contributed by atoms with E-state index in [1.165, 1.54) is 82.6 Å². The number of hydrogen-bond acceptors (Lipinski definition) is 4. The highest BCUT2D eigenvalue weighted by molar-refractivity contribution is 5.72. The Balaban J connectivity index is 2.10. The Labute approximate surface area is 207 Å². The summed E-state index contributed by atoms with van der Waals surface area (Å²) in [5.41, 5.74) is 9.31. The van der Waals surface area contributed by atoms with Crippen LogP contribution in [0.25, 0.3) is 0 Å². The van der Waals surface area contributed by atoms with Crippen molar-refractivity contribution >= 4 is 5.97 Å². The molecule has 6 heteroatoms. The van der Waals surface area contributed by atoms with E-state index in [-0.39, 0.29) is 0 Å². The van der Waals surface area contributed by atoms with Gasteiger partial charge in [0.2, 0.25) is 0 Å². The zero-order valence-electron chi connectivity index (χ0n) is 21.6. The number of carboxylic acids is 1. The Morgan fingerprint density at radius 1 is 0.912 bits per heavy atom. The number of carboxylic acid groups (broad SMARTS) is 1. The van der Waals surface area contributed by atoms with Crippen molar-refractivity contribution in [3.63, 3.8) is 0 Å². The molecule has 0 aliphatic heterocycles. The van der Waals surface area contributed by atoms with Crippen molar-refractivity contribution in [3.8, 4) is 5.75 Å². The number of hydrogen-bond donors (Lipinski definition) is 4. The van der Waals surface area contributed by atoms with Gasteiger partial charge in [-0.3, -0.25) is 4.79 Å². The van der Waals surface area contributed by atoms with E-state index < -0.39 is 12.0 Å². The SMILES string of the molecule is CCCCCCCCCCCCCCCc1cccc(O)c1CO[NH2+]CCCCC(N)C(=O)O. The molecule has 1 aromatic carbocycles. The Hall–Kier alpha value is -1.63. The Kier molecular flexibility index (Phi) is 18.5. The van der Waals surface area contributed by atoms with Crippen LogP contribution >= 0.6 is 0 Å². The fourth-order valence-corrected chi connectivity index (χ4v) is 4.30. The molecule has 1 rings (SSSR count). The molecule has 34 heavy (non-hydrogen) atoms. The minimum atomic E-state index is -0.948. The monoisotopic (exact) mass is 479 g/mol. The lowest BCUT2D eigenvalue weighted by Crippen LogP contribution is -2.83. The summed E-state index contributed by atoms with van der Waals surface area (Å²) >= 11 is 0. The van der Waals surface area contributed by atoms with Crippen molar-refractivity contribution in [3.05, 3.63) is 29.3 Å². The number of hydroxylamine groups is 1. The van der Waals surface area contributed by atoms with Crippen molar-refractivity contribution < 1.29 is 25.3 Å². The second-order valence-electron chi connectivity index (χ2n) is 9.61. The minimum absolute atomic E-state index is 0.299. The molecule has 0 spiro atoms. The summed E-state index contributed by atoms with van der Waals surface area (Å²) in [6.45, 7) is 3.38. The van der Waals surface area contributed by atoms with Gasteiger partial charge in [-0.15, -0.1) is 0 Å². The summed E-state index contributed by atoms with van der Waals surface area (Å²) in [7, 11) is 0. The lowest BCUT2D eigenvalue weighted by Gasteiger charge is -2.11. The average molecular weight is 480 g/mol. The predicted octanol–water partition coefficient (Wildman–Crippen LogP) is 5.60. The maximum atomic E-state index is 10.7. The van der Waals surface area contributed by atoms with Gasteiger partial charge < -0.3 is 15.9 Å². The summed E-state index contributed by atoms with van der Waals surface area (Å²) in [6.07, 6.45) is 20.5. The predicted molar refractivity (Wildman–Crippen MR) is 139 cm³/mol. The first-order valence-electron chi connectivity index (χ1n) is 13.8. The number of aromatic hydroxyl groups is 1. The van der Waals surface area contributed by atoms with E-state index in [0.717, 1.165) is 37.8 Å². The van der Waals surface area contributed by atoms with Crippen LogP contribution in [0.4, 0.5) is 0 Å². The van der Waals surface area contributed by atoms with Gasteiger partial charge in [-0.1, -0.05) is 96.1 Å². The second kappa shape index (κ2) is 20.7. The smallest absolute Gasteiger partial charge is 0.320 e. The molecule has 1 unspecified atom stereocenters. The number of benzene rings is 1. The van der Waals surface area contributed by atoms with Gasteiger partial charge in [0.1, 0.15) is 24.9 Å². The largest absolute Gasteiger partial charge is 0.508 e. The van der Waals surface area contributed by atoms with Crippen LogP contribution in [0.5, 0.6) is 5.75 Å². The Morgan fingerprint density at radius 2 is 1.50 bits per heavy atom. The van der Waals surface area contributed by atoms with Gasteiger partial charge in [-0.2, -0.15) is 0 Å². The van der Waals surface area contributed by atoms with Gasteiger partial charge in [0, 0.05) is 5.56 Å². The highest BCUT2D eigenvalue weighted by Crippen LogP contribution is 2.23. The van der Waals surface area contributed by atoms with Crippen molar-refractivity contribution in [2.24, 2.45) is 5.73 Å². The van der Waals surface area contributed by atoms with Crippen molar-refractivity contribution in [2.75, 3.05) is 6.54 Å². The highest BCUT2D eigenvalue weighted by Gasteiger charge is 2.11. The first-order valence-corrected chi connectivity index (χ1v) is 13.8. The first-order chi connectivity index (χ1) is 16.6. The van der Waals surface area contributed by atoms with E-state index in [2.05, 4.69) is 13.0 Å². The maximum absolute atomic E-state index is 10.7. The molecule has 0 saturated carbocycles. The number of carbonyl (C=O) groups is 1. The van der Waals surface area contributed by atoms with E-state index in [4.69, 9.17) is 15.7 Å². The van der Waals surface area contributed by atoms with Gasteiger partial charge in [-0.25, -0.2) is 10.3 Å². The molecular weight excluding hydrogens is 428 g/mol. The number of unbranched alkanes of at least 4 members (excludes halogenated alkanes) is 13. The molecule has 0 saturated heterocycles. The minimum Gasteiger partial charge on any atom is -0.508 e. The van der Waals surface area contributed by atoms with Gasteiger partial charge in [-0.05, 0) is 43.7 Å². The van der Waals surface area contributed by atoms with Crippen LogP contribution in [0, 0.1) is 0 Å². The number of rotatable bonds is 23. The summed E-state index contributed by atoms with van der Waals surface area (Å²) in [5.74, 6) is -0.649. The molecule has 6 nitrogen and oxygen atoms in total. The molecule has 0 aliphatic carbocycles. The van der Waals surface area contributed by atoms with Gasteiger partial charge in [0.05, 0.1) is 0 Å². The molecule has 0 aliphatic rings. The Bertz CT molecular complexity index is 639. The number of phenolic OH excluding ortho intramolecular Hbond substituents is 1. The third-order valence-electron chi connectivity index (χ3n) is 6.55. The van der Waals surface area contributed by atoms with Crippen LogP contribution in [0.2, 0.25) is 0 Å². The van der Waals surface area contributed by atoms with Crippen LogP contribution in [0.15, 0.2) is 18.2 Å². The second-order valence-corrected chi connectivity index (χ2v) is 9.61. The fourth-order valence-electron chi connectivity index (χ4n) is 4.30. The number of aliphatic carboxylic acids is 1.